The quantitative estimate of drug-likeness (QED) is 0.387. The van der Waals surface area contributed by atoms with Gasteiger partial charge in [-0.1, -0.05) is 19.3 Å². The molecule has 0 aromatic rings. The number of hydrogen-bond donors (Lipinski definition) is 2. The molecule has 21 heavy (non-hydrogen) atoms. The number of aliphatic imine (C=N–C) groups is 1. The molecule has 1 saturated carbocycles. The van der Waals surface area contributed by atoms with Crippen molar-refractivity contribution in [2.45, 2.75) is 51.5 Å². The Kier molecular flexibility index (Phi) is 9.42. The highest BCUT2D eigenvalue weighted by molar-refractivity contribution is 5.77. The van der Waals surface area contributed by atoms with Gasteiger partial charge in [0.15, 0.2) is 5.96 Å². The summed E-state index contributed by atoms with van der Waals surface area (Å²) in [5, 5.41) is 3.17. The van der Waals surface area contributed by atoms with Gasteiger partial charge in [-0.25, -0.2) is 0 Å². The van der Waals surface area contributed by atoms with Gasteiger partial charge in [0.25, 0.3) is 0 Å². The monoisotopic (exact) mass is 298 g/mol. The summed E-state index contributed by atoms with van der Waals surface area (Å²) in [4.78, 5) is 6.85. The van der Waals surface area contributed by atoms with Gasteiger partial charge >= 0.3 is 0 Å². The molecule has 1 aliphatic rings. The number of guanidine groups is 1. The smallest absolute Gasteiger partial charge is 0.188 e. The van der Waals surface area contributed by atoms with Crippen LogP contribution in [0.1, 0.15) is 45.4 Å². The third-order valence-electron chi connectivity index (χ3n) is 4.28. The molecule has 124 valence electrons. The van der Waals surface area contributed by atoms with Crippen LogP contribution in [0.25, 0.3) is 0 Å². The topological polar surface area (TPSA) is 62.9 Å². The molecule has 0 aromatic carbocycles. The van der Waals surface area contributed by atoms with Crippen LogP contribution < -0.4 is 11.1 Å². The van der Waals surface area contributed by atoms with E-state index in [4.69, 9.17) is 10.5 Å². The van der Waals surface area contributed by atoms with E-state index in [0.29, 0.717) is 12.0 Å². The molecule has 0 radical (unpaired) electrons. The number of nitrogens with two attached hydrogens (primary N) is 1. The van der Waals surface area contributed by atoms with E-state index >= 15 is 0 Å². The Morgan fingerprint density at radius 2 is 2.05 bits per heavy atom. The van der Waals surface area contributed by atoms with Gasteiger partial charge < -0.3 is 20.7 Å². The molecule has 1 fully saturated rings. The molecule has 3 N–H and O–H groups in total. The van der Waals surface area contributed by atoms with Crippen molar-refractivity contribution in [3.05, 3.63) is 0 Å². The van der Waals surface area contributed by atoms with Crippen LogP contribution in [0, 0.1) is 5.92 Å². The van der Waals surface area contributed by atoms with Crippen LogP contribution in [0.4, 0.5) is 0 Å². The third kappa shape index (κ3) is 7.67. The fourth-order valence-corrected chi connectivity index (χ4v) is 3.04. The fraction of sp³-hybridized carbons (Fsp3) is 0.938. The third-order valence-corrected chi connectivity index (χ3v) is 4.28. The highest BCUT2D eigenvalue weighted by atomic mass is 16.5. The standard InChI is InChI=1S/C16H34N4O/c1-4-21-12-8-11-18-16(17)19-13-15(20(2)3)14-9-6-5-7-10-14/h14-15H,4-13H2,1-3H3,(H3,17,18,19). The van der Waals surface area contributed by atoms with Gasteiger partial charge in [0.1, 0.15) is 0 Å². The summed E-state index contributed by atoms with van der Waals surface area (Å²) in [6.07, 6.45) is 7.75. The van der Waals surface area contributed by atoms with E-state index in [1.54, 1.807) is 0 Å². The highest BCUT2D eigenvalue weighted by Gasteiger charge is 2.24. The zero-order valence-corrected chi connectivity index (χ0v) is 14.1. The number of rotatable bonds is 9. The van der Waals surface area contributed by atoms with Crippen LogP contribution in [0.3, 0.4) is 0 Å². The second-order valence-corrected chi connectivity index (χ2v) is 6.13. The summed E-state index contributed by atoms with van der Waals surface area (Å²) >= 11 is 0. The molecule has 1 rings (SSSR count). The summed E-state index contributed by atoms with van der Waals surface area (Å²) in [6.45, 7) is 5.18. The molecule has 0 bridgehead atoms. The van der Waals surface area contributed by atoms with Crippen molar-refractivity contribution in [3.63, 3.8) is 0 Å². The van der Waals surface area contributed by atoms with Crippen LogP contribution in [0.15, 0.2) is 4.99 Å². The molecule has 0 heterocycles. The molecule has 0 spiro atoms. The van der Waals surface area contributed by atoms with Gasteiger partial charge in [0, 0.05) is 25.8 Å². The van der Waals surface area contributed by atoms with Crippen molar-refractivity contribution in [1.29, 1.82) is 0 Å². The van der Waals surface area contributed by atoms with Crippen molar-refractivity contribution in [1.82, 2.24) is 10.2 Å². The zero-order valence-electron chi connectivity index (χ0n) is 14.1. The first-order valence-electron chi connectivity index (χ1n) is 8.43. The lowest BCUT2D eigenvalue weighted by molar-refractivity contribution is 0.145. The van der Waals surface area contributed by atoms with Crippen LogP contribution in [0.2, 0.25) is 0 Å². The normalized spacial score (nSPS) is 19.0. The molecule has 1 aliphatic carbocycles. The summed E-state index contributed by atoms with van der Waals surface area (Å²) in [7, 11) is 4.31. The Bertz CT molecular complexity index is 288. The lowest BCUT2D eigenvalue weighted by Crippen LogP contribution is -2.40. The lowest BCUT2D eigenvalue weighted by Gasteiger charge is -2.33. The van der Waals surface area contributed by atoms with Crippen molar-refractivity contribution in [2.24, 2.45) is 16.6 Å². The van der Waals surface area contributed by atoms with E-state index < -0.39 is 0 Å². The maximum absolute atomic E-state index is 5.95. The van der Waals surface area contributed by atoms with Crippen molar-refractivity contribution in [2.75, 3.05) is 40.4 Å². The molecule has 5 heteroatoms. The molecule has 1 atom stereocenters. The number of nitrogens with zero attached hydrogens (tertiary/aromatic N) is 2. The first kappa shape index (κ1) is 18.2. The molecule has 0 amide bonds. The van der Waals surface area contributed by atoms with Crippen molar-refractivity contribution in [3.8, 4) is 0 Å². The Morgan fingerprint density at radius 1 is 1.33 bits per heavy atom. The van der Waals surface area contributed by atoms with Gasteiger partial charge in [-0.2, -0.15) is 0 Å². The minimum atomic E-state index is 0.508. The summed E-state index contributed by atoms with van der Waals surface area (Å²) < 4.78 is 5.30. The summed E-state index contributed by atoms with van der Waals surface area (Å²) in [5.41, 5.74) is 5.95. The predicted octanol–water partition coefficient (Wildman–Crippen LogP) is 1.83. The lowest BCUT2D eigenvalue weighted by atomic mass is 9.83. The van der Waals surface area contributed by atoms with Crippen LogP contribution in [-0.2, 0) is 4.74 Å². The average Bonchev–Trinajstić information content (AvgIpc) is 2.48. The summed E-state index contributed by atoms with van der Waals surface area (Å²) in [5.74, 6) is 1.33. The van der Waals surface area contributed by atoms with E-state index in [9.17, 15) is 0 Å². The Balaban J connectivity index is 2.31. The predicted molar refractivity (Wildman–Crippen MR) is 89.7 cm³/mol. The molecule has 0 saturated heterocycles. The maximum atomic E-state index is 5.95. The maximum Gasteiger partial charge on any atom is 0.188 e. The second-order valence-electron chi connectivity index (χ2n) is 6.13. The Labute approximate surface area is 130 Å². The van der Waals surface area contributed by atoms with E-state index in [1.165, 1.54) is 32.1 Å². The first-order valence-corrected chi connectivity index (χ1v) is 8.43. The van der Waals surface area contributed by atoms with Gasteiger partial charge in [-0.3, -0.25) is 4.99 Å². The Morgan fingerprint density at radius 3 is 2.67 bits per heavy atom. The molecule has 1 unspecified atom stereocenters. The number of hydrogen-bond acceptors (Lipinski definition) is 3. The van der Waals surface area contributed by atoms with Crippen LogP contribution >= 0.6 is 0 Å². The van der Waals surface area contributed by atoms with E-state index in [0.717, 1.165) is 38.6 Å². The SMILES string of the molecule is CCOCCCNC(N)=NCC(C1CCCCC1)N(C)C. The fourth-order valence-electron chi connectivity index (χ4n) is 3.04. The van der Waals surface area contributed by atoms with Gasteiger partial charge in [0.05, 0.1) is 6.54 Å². The minimum absolute atomic E-state index is 0.508. The number of likely N-dealkylation sites (N-methyl/N-ethyl adjacent to an activating group) is 1. The average molecular weight is 298 g/mol. The highest BCUT2D eigenvalue weighted by Crippen LogP contribution is 2.28. The van der Waals surface area contributed by atoms with E-state index in [-0.39, 0.29) is 0 Å². The van der Waals surface area contributed by atoms with Crippen LogP contribution in [-0.4, -0.2) is 57.3 Å². The molecule has 0 aliphatic heterocycles. The Hall–Kier alpha value is -0.810. The summed E-state index contributed by atoms with van der Waals surface area (Å²) in [6, 6.07) is 0.508. The van der Waals surface area contributed by atoms with Gasteiger partial charge in [-0.15, -0.1) is 0 Å². The molecular weight excluding hydrogens is 264 g/mol. The van der Waals surface area contributed by atoms with Crippen LogP contribution in [0.5, 0.6) is 0 Å². The van der Waals surface area contributed by atoms with Gasteiger partial charge in [0.2, 0.25) is 0 Å². The molecule has 0 aromatic heterocycles. The van der Waals surface area contributed by atoms with E-state index in [2.05, 4.69) is 29.3 Å². The first-order chi connectivity index (χ1) is 10.1. The number of ether oxygens (including phenoxy) is 1. The van der Waals surface area contributed by atoms with Crippen molar-refractivity contribution < 1.29 is 4.74 Å². The largest absolute Gasteiger partial charge is 0.382 e. The van der Waals surface area contributed by atoms with E-state index in [1.807, 2.05) is 6.92 Å². The zero-order chi connectivity index (χ0) is 15.5. The number of nitrogens with one attached hydrogen (secondary N) is 1. The minimum Gasteiger partial charge on any atom is -0.382 e. The van der Waals surface area contributed by atoms with Gasteiger partial charge in [-0.05, 0) is 46.2 Å². The molecular formula is C16H34N4O. The van der Waals surface area contributed by atoms with Crippen molar-refractivity contribution >= 4 is 5.96 Å². The second kappa shape index (κ2) is 10.9. The molecule has 5 nitrogen and oxygen atoms in total.